The first-order valence-corrected chi connectivity index (χ1v) is 5.28. The Hall–Kier alpha value is -1.85. The average molecular weight is 239 g/mol. The zero-order valence-electron chi connectivity index (χ0n) is 10.6. The third-order valence-electron chi connectivity index (χ3n) is 2.45. The molecule has 94 valence electrons. The van der Waals surface area contributed by atoms with Crippen molar-refractivity contribution in [3.63, 3.8) is 0 Å². The molecule has 0 spiro atoms. The predicted molar refractivity (Wildman–Crippen MR) is 61.5 cm³/mol. The maximum atomic E-state index is 12.0. The second-order valence-electron chi connectivity index (χ2n) is 3.85. The first-order chi connectivity index (χ1) is 7.95. The Kier molecular flexibility index (Phi) is 4.25. The van der Waals surface area contributed by atoms with E-state index in [0.717, 1.165) is 5.69 Å². The van der Waals surface area contributed by atoms with Crippen LogP contribution in [0.25, 0.3) is 0 Å². The molecular formula is C11H17N3O3. The fourth-order valence-electron chi connectivity index (χ4n) is 1.47. The Labute approximate surface area is 100 Å². The second-order valence-corrected chi connectivity index (χ2v) is 3.85. The summed E-state index contributed by atoms with van der Waals surface area (Å²) in [6.45, 7) is 2.15. The van der Waals surface area contributed by atoms with Gasteiger partial charge in [-0.15, -0.1) is 0 Å². The number of amides is 1. The topological polar surface area (TPSA) is 64.4 Å². The lowest BCUT2D eigenvalue weighted by Gasteiger charge is -2.16. The number of carbonyl (C=O) groups is 2. The van der Waals surface area contributed by atoms with Gasteiger partial charge in [-0.2, -0.15) is 5.10 Å². The Bertz CT molecular complexity index is 426. The minimum atomic E-state index is -0.328. The highest BCUT2D eigenvalue weighted by Crippen LogP contribution is 2.05. The SMILES string of the molecule is COC(=O)CCN(C)C(=O)c1cc(C)nn1C. The van der Waals surface area contributed by atoms with Gasteiger partial charge in [-0.25, -0.2) is 0 Å². The highest BCUT2D eigenvalue weighted by molar-refractivity contribution is 5.92. The van der Waals surface area contributed by atoms with Gasteiger partial charge in [0.2, 0.25) is 0 Å². The molecule has 0 unspecified atom stereocenters. The van der Waals surface area contributed by atoms with Crippen LogP contribution in [0.15, 0.2) is 6.07 Å². The van der Waals surface area contributed by atoms with E-state index >= 15 is 0 Å². The van der Waals surface area contributed by atoms with E-state index in [9.17, 15) is 9.59 Å². The number of rotatable bonds is 4. The van der Waals surface area contributed by atoms with Crippen LogP contribution >= 0.6 is 0 Å². The maximum Gasteiger partial charge on any atom is 0.307 e. The zero-order chi connectivity index (χ0) is 13.0. The van der Waals surface area contributed by atoms with Gasteiger partial charge >= 0.3 is 5.97 Å². The smallest absolute Gasteiger partial charge is 0.307 e. The molecule has 0 aliphatic carbocycles. The van der Waals surface area contributed by atoms with Crippen LogP contribution in [0.4, 0.5) is 0 Å². The van der Waals surface area contributed by atoms with E-state index in [2.05, 4.69) is 9.84 Å². The normalized spacial score (nSPS) is 10.1. The first-order valence-electron chi connectivity index (χ1n) is 5.28. The number of esters is 1. The molecule has 0 atom stereocenters. The number of hydrogen-bond acceptors (Lipinski definition) is 4. The predicted octanol–water partition coefficient (Wildman–Crippen LogP) is 0.364. The highest BCUT2D eigenvalue weighted by Gasteiger charge is 2.17. The van der Waals surface area contributed by atoms with Crippen molar-refractivity contribution in [3.05, 3.63) is 17.5 Å². The monoisotopic (exact) mass is 239 g/mol. The van der Waals surface area contributed by atoms with Gasteiger partial charge in [-0.1, -0.05) is 0 Å². The number of aromatic nitrogens is 2. The van der Waals surface area contributed by atoms with Gasteiger partial charge in [0, 0.05) is 20.6 Å². The Morgan fingerprint density at radius 3 is 2.65 bits per heavy atom. The maximum absolute atomic E-state index is 12.0. The largest absolute Gasteiger partial charge is 0.469 e. The molecule has 1 aromatic heterocycles. The van der Waals surface area contributed by atoms with Crippen molar-refractivity contribution in [1.29, 1.82) is 0 Å². The Morgan fingerprint density at radius 2 is 2.18 bits per heavy atom. The molecule has 0 aliphatic heterocycles. The lowest BCUT2D eigenvalue weighted by atomic mass is 10.3. The molecule has 0 aliphatic rings. The zero-order valence-corrected chi connectivity index (χ0v) is 10.6. The number of ether oxygens (including phenoxy) is 1. The molecule has 6 nitrogen and oxygen atoms in total. The van der Waals surface area contributed by atoms with E-state index in [-0.39, 0.29) is 18.3 Å². The lowest BCUT2D eigenvalue weighted by molar-refractivity contribution is -0.140. The molecule has 1 heterocycles. The van der Waals surface area contributed by atoms with Gasteiger partial charge in [-0.3, -0.25) is 14.3 Å². The number of methoxy groups -OCH3 is 1. The van der Waals surface area contributed by atoms with E-state index < -0.39 is 0 Å². The summed E-state index contributed by atoms with van der Waals surface area (Å²) < 4.78 is 6.05. The molecule has 0 bridgehead atoms. The van der Waals surface area contributed by atoms with E-state index in [1.165, 1.54) is 16.7 Å². The minimum Gasteiger partial charge on any atom is -0.469 e. The molecule has 17 heavy (non-hydrogen) atoms. The number of nitrogens with zero attached hydrogens (tertiary/aromatic N) is 3. The van der Waals surface area contributed by atoms with Gasteiger partial charge in [0.05, 0.1) is 19.2 Å². The van der Waals surface area contributed by atoms with Crippen LogP contribution in [0.5, 0.6) is 0 Å². The molecule has 0 radical (unpaired) electrons. The third kappa shape index (κ3) is 3.30. The van der Waals surface area contributed by atoms with E-state index in [1.807, 2.05) is 6.92 Å². The standard InChI is InChI=1S/C11H17N3O3/c1-8-7-9(14(3)12-8)11(16)13(2)6-5-10(15)17-4/h7H,5-6H2,1-4H3. The quantitative estimate of drug-likeness (QED) is 0.712. The van der Waals surface area contributed by atoms with Gasteiger partial charge in [0.25, 0.3) is 5.91 Å². The third-order valence-corrected chi connectivity index (χ3v) is 2.45. The molecule has 0 aromatic carbocycles. The summed E-state index contributed by atoms with van der Waals surface area (Å²) in [6, 6.07) is 1.72. The summed E-state index contributed by atoms with van der Waals surface area (Å²) in [6.07, 6.45) is 0.190. The summed E-state index contributed by atoms with van der Waals surface area (Å²) in [5, 5.41) is 4.10. The van der Waals surface area contributed by atoms with Gasteiger partial charge in [0.15, 0.2) is 0 Å². The summed E-state index contributed by atoms with van der Waals surface area (Å²) in [5.74, 6) is -0.483. The van der Waals surface area contributed by atoms with E-state index in [0.29, 0.717) is 12.2 Å². The Balaban J connectivity index is 2.64. The van der Waals surface area contributed by atoms with Crippen LogP contribution in [0.2, 0.25) is 0 Å². The van der Waals surface area contributed by atoms with Crippen LogP contribution in [0.3, 0.4) is 0 Å². The summed E-state index contributed by atoms with van der Waals surface area (Å²) >= 11 is 0. The van der Waals surface area contributed by atoms with Gasteiger partial charge in [-0.05, 0) is 13.0 Å². The summed E-state index contributed by atoms with van der Waals surface area (Å²) in [7, 11) is 4.69. The molecule has 0 N–H and O–H groups in total. The average Bonchev–Trinajstić information content (AvgIpc) is 2.63. The van der Waals surface area contributed by atoms with Crippen molar-refractivity contribution in [2.24, 2.45) is 7.05 Å². The lowest BCUT2D eigenvalue weighted by Crippen LogP contribution is -2.30. The van der Waals surface area contributed by atoms with E-state index in [1.54, 1.807) is 20.2 Å². The molecule has 0 saturated carbocycles. The number of aryl methyl sites for hydroxylation is 2. The number of hydrogen-bond donors (Lipinski definition) is 0. The molecule has 0 saturated heterocycles. The van der Waals surface area contributed by atoms with E-state index in [4.69, 9.17) is 0 Å². The molecular weight excluding hydrogens is 222 g/mol. The minimum absolute atomic E-state index is 0.156. The van der Waals surface area contributed by atoms with Crippen LogP contribution in [0, 0.1) is 6.92 Å². The van der Waals surface area contributed by atoms with Crippen molar-refractivity contribution >= 4 is 11.9 Å². The van der Waals surface area contributed by atoms with Gasteiger partial charge in [0.1, 0.15) is 5.69 Å². The molecule has 1 aromatic rings. The van der Waals surface area contributed by atoms with Crippen LogP contribution in [0.1, 0.15) is 22.6 Å². The molecule has 1 amide bonds. The van der Waals surface area contributed by atoms with Crippen molar-refractivity contribution in [2.75, 3.05) is 20.7 Å². The first kappa shape index (κ1) is 13.2. The van der Waals surface area contributed by atoms with Crippen molar-refractivity contribution < 1.29 is 14.3 Å². The summed E-state index contributed by atoms with van der Waals surface area (Å²) in [5.41, 5.74) is 1.30. The van der Waals surface area contributed by atoms with Crippen molar-refractivity contribution in [1.82, 2.24) is 14.7 Å². The van der Waals surface area contributed by atoms with Crippen LogP contribution in [-0.4, -0.2) is 47.3 Å². The molecule has 1 rings (SSSR count). The highest BCUT2D eigenvalue weighted by atomic mass is 16.5. The number of carbonyl (C=O) groups excluding carboxylic acids is 2. The van der Waals surface area contributed by atoms with Crippen molar-refractivity contribution in [3.8, 4) is 0 Å². The molecule has 0 fully saturated rings. The molecule has 6 heteroatoms. The summed E-state index contributed by atoms with van der Waals surface area (Å²) in [4.78, 5) is 24.4. The Morgan fingerprint density at radius 1 is 1.53 bits per heavy atom. The fourth-order valence-corrected chi connectivity index (χ4v) is 1.47. The van der Waals surface area contributed by atoms with Gasteiger partial charge < -0.3 is 9.64 Å². The fraction of sp³-hybridized carbons (Fsp3) is 0.545. The van der Waals surface area contributed by atoms with Crippen molar-refractivity contribution in [2.45, 2.75) is 13.3 Å². The van der Waals surface area contributed by atoms with Crippen LogP contribution in [-0.2, 0) is 16.6 Å². The second kappa shape index (κ2) is 5.47. The van der Waals surface area contributed by atoms with Crippen LogP contribution < -0.4 is 0 Å².